The van der Waals surface area contributed by atoms with E-state index < -0.39 is 5.41 Å². The van der Waals surface area contributed by atoms with E-state index in [4.69, 9.17) is 9.47 Å². The Kier molecular flexibility index (Phi) is 5.41. The number of nitrogens with zero attached hydrogens (tertiary/aromatic N) is 1. The van der Waals surface area contributed by atoms with Crippen LogP contribution < -0.4 is 14.8 Å². The summed E-state index contributed by atoms with van der Waals surface area (Å²) in [5.41, 5.74) is 1.77. The molecule has 0 saturated carbocycles. The first-order chi connectivity index (χ1) is 14.3. The molecule has 0 unspecified atom stereocenters. The third kappa shape index (κ3) is 4.13. The van der Waals surface area contributed by atoms with Gasteiger partial charge in [-0.1, -0.05) is 32.9 Å². The van der Waals surface area contributed by atoms with Crippen LogP contribution in [0.1, 0.15) is 55.6 Å². The number of nitrogens with one attached hydrogen (secondary N) is 1. The quantitative estimate of drug-likeness (QED) is 0.816. The van der Waals surface area contributed by atoms with Crippen molar-refractivity contribution in [2.45, 2.75) is 39.7 Å². The molecule has 0 bridgehead atoms. The normalized spacial score (nSPS) is 18.2. The molecule has 0 aromatic heterocycles. The number of carbonyl (C=O) groups excluding carboxylic acids is 2. The molecule has 1 atom stereocenters. The van der Waals surface area contributed by atoms with Gasteiger partial charge in [0.1, 0.15) is 13.2 Å². The molecule has 2 aromatic carbocycles. The van der Waals surface area contributed by atoms with Crippen molar-refractivity contribution in [2.24, 2.45) is 5.41 Å². The van der Waals surface area contributed by atoms with E-state index in [1.807, 2.05) is 49.9 Å². The molecule has 0 spiro atoms. The average molecular weight is 408 g/mol. The number of anilines is 1. The smallest absolute Gasteiger partial charge is 0.254 e. The maximum atomic E-state index is 13.3. The first-order valence-electron chi connectivity index (χ1n) is 10.4. The van der Waals surface area contributed by atoms with Crippen LogP contribution in [-0.2, 0) is 4.79 Å². The Morgan fingerprint density at radius 3 is 2.57 bits per heavy atom. The summed E-state index contributed by atoms with van der Waals surface area (Å²) in [6.45, 7) is 7.38. The number of hydrogen-bond acceptors (Lipinski definition) is 4. The number of fused-ring (bicyclic) bond motifs is 1. The number of likely N-dealkylation sites (tertiary alicyclic amines) is 1. The molecule has 6 heteroatoms. The monoisotopic (exact) mass is 408 g/mol. The molecule has 1 N–H and O–H groups in total. The van der Waals surface area contributed by atoms with Crippen molar-refractivity contribution in [3.05, 3.63) is 53.6 Å². The van der Waals surface area contributed by atoms with Crippen LogP contribution in [0, 0.1) is 5.41 Å². The third-order valence-electron chi connectivity index (χ3n) is 5.51. The van der Waals surface area contributed by atoms with Gasteiger partial charge in [-0.25, -0.2) is 0 Å². The Balaban J connectivity index is 1.54. The van der Waals surface area contributed by atoms with Gasteiger partial charge in [0.2, 0.25) is 5.91 Å². The summed E-state index contributed by atoms with van der Waals surface area (Å²) in [5, 5.41) is 2.90. The summed E-state index contributed by atoms with van der Waals surface area (Å²) in [5.74, 6) is 1.38. The highest BCUT2D eigenvalue weighted by molar-refractivity contribution is 5.98. The van der Waals surface area contributed by atoms with Crippen LogP contribution in [-0.4, -0.2) is 36.5 Å². The first kappa shape index (κ1) is 20.3. The summed E-state index contributed by atoms with van der Waals surface area (Å²) in [7, 11) is 0. The SMILES string of the molecule is CC(C)(C)C(=O)Nc1cccc(C(=O)N2CCC[C@@H]2c2ccc3c(c2)OCCO3)c1. The van der Waals surface area contributed by atoms with Crippen LogP contribution in [0.5, 0.6) is 11.5 Å². The molecule has 2 aliphatic heterocycles. The number of amides is 2. The molecule has 158 valence electrons. The van der Waals surface area contributed by atoms with Gasteiger partial charge in [-0.15, -0.1) is 0 Å². The molecule has 2 heterocycles. The summed E-state index contributed by atoms with van der Waals surface area (Å²) in [4.78, 5) is 27.5. The Bertz CT molecular complexity index is 964. The molecule has 6 nitrogen and oxygen atoms in total. The van der Waals surface area contributed by atoms with Crippen LogP contribution >= 0.6 is 0 Å². The van der Waals surface area contributed by atoms with E-state index >= 15 is 0 Å². The highest BCUT2D eigenvalue weighted by Crippen LogP contribution is 2.38. The molecular weight excluding hydrogens is 380 g/mol. The van der Waals surface area contributed by atoms with Crippen molar-refractivity contribution in [1.82, 2.24) is 4.90 Å². The largest absolute Gasteiger partial charge is 0.486 e. The van der Waals surface area contributed by atoms with Gasteiger partial charge in [0.15, 0.2) is 11.5 Å². The number of hydrogen-bond donors (Lipinski definition) is 1. The minimum Gasteiger partial charge on any atom is -0.486 e. The van der Waals surface area contributed by atoms with Crippen molar-refractivity contribution < 1.29 is 19.1 Å². The van der Waals surface area contributed by atoms with Crippen LogP contribution in [0.4, 0.5) is 5.69 Å². The van der Waals surface area contributed by atoms with Crippen molar-refractivity contribution >= 4 is 17.5 Å². The molecule has 2 amide bonds. The van der Waals surface area contributed by atoms with Gasteiger partial charge in [0, 0.05) is 23.2 Å². The topological polar surface area (TPSA) is 67.9 Å². The Labute approximate surface area is 177 Å². The number of benzene rings is 2. The Morgan fingerprint density at radius 2 is 1.80 bits per heavy atom. The summed E-state index contributed by atoms with van der Waals surface area (Å²) in [6, 6.07) is 13.1. The van der Waals surface area contributed by atoms with Crippen LogP contribution in [0.15, 0.2) is 42.5 Å². The molecule has 0 aliphatic carbocycles. The van der Waals surface area contributed by atoms with E-state index in [2.05, 4.69) is 5.32 Å². The van der Waals surface area contributed by atoms with E-state index in [9.17, 15) is 9.59 Å². The highest BCUT2D eigenvalue weighted by atomic mass is 16.6. The van der Waals surface area contributed by atoms with Crippen molar-refractivity contribution in [3.8, 4) is 11.5 Å². The number of rotatable bonds is 3. The summed E-state index contributed by atoms with van der Waals surface area (Å²) >= 11 is 0. The molecule has 1 fully saturated rings. The molecule has 4 rings (SSSR count). The van der Waals surface area contributed by atoms with E-state index in [1.165, 1.54) is 0 Å². The van der Waals surface area contributed by atoms with Crippen LogP contribution in [0.25, 0.3) is 0 Å². The van der Waals surface area contributed by atoms with Gasteiger partial charge >= 0.3 is 0 Å². The van der Waals surface area contributed by atoms with E-state index in [0.717, 1.165) is 29.9 Å². The van der Waals surface area contributed by atoms with Crippen molar-refractivity contribution in [1.29, 1.82) is 0 Å². The molecule has 30 heavy (non-hydrogen) atoms. The lowest BCUT2D eigenvalue weighted by atomic mass is 9.95. The zero-order valence-electron chi connectivity index (χ0n) is 17.7. The number of carbonyl (C=O) groups is 2. The Morgan fingerprint density at radius 1 is 1.03 bits per heavy atom. The fourth-order valence-corrected chi connectivity index (χ4v) is 3.84. The maximum absolute atomic E-state index is 13.3. The standard InChI is InChI=1S/C24H28N2O4/c1-24(2,3)23(28)25-18-7-4-6-17(14-18)22(27)26-11-5-8-19(26)16-9-10-20-21(15-16)30-13-12-29-20/h4,6-7,9-10,14-15,19H,5,8,11-13H2,1-3H3,(H,25,28)/t19-/m1/s1. The second-order valence-corrected chi connectivity index (χ2v) is 8.84. The zero-order valence-corrected chi connectivity index (χ0v) is 17.7. The lowest BCUT2D eigenvalue weighted by Gasteiger charge is -2.27. The lowest BCUT2D eigenvalue weighted by Crippen LogP contribution is -2.31. The Hall–Kier alpha value is -3.02. The van der Waals surface area contributed by atoms with Crippen molar-refractivity contribution in [2.75, 3.05) is 25.1 Å². The second kappa shape index (κ2) is 8.01. The predicted octanol–water partition coefficient (Wildman–Crippen LogP) is 4.42. The van der Waals surface area contributed by atoms with Gasteiger partial charge < -0.3 is 19.7 Å². The molecular formula is C24H28N2O4. The van der Waals surface area contributed by atoms with Crippen molar-refractivity contribution in [3.63, 3.8) is 0 Å². The van der Waals surface area contributed by atoms with Crippen LogP contribution in [0.3, 0.4) is 0 Å². The highest BCUT2D eigenvalue weighted by Gasteiger charge is 2.31. The maximum Gasteiger partial charge on any atom is 0.254 e. The van der Waals surface area contributed by atoms with E-state index in [0.29, 0.717) is 31.0 Å². The molecule has 0 radical (unpaired) electrons. The average Bonchev–Trinajstić information content (AvgIpc) is 3.22. The summed E-state index contributed by atoms with van der Waals surface area (Å²) < 4.78 is 11.3. The van der Waals surface area contributed by atoms with Gasteiger partial charge in [0.05, 0.1) is 6.04 Å². The fraction of sp³-hybridized carbons (Fsp3) is 0.417. The van der Waals surface area contributed by atoms with E-state index in [1.54, 1.807) is 18.2 Å². The first-order valence-corrected chi connectivity index (χ1v) is 10.4. The van der Waals surface area contributed by atoms with E-state index in [-0.39, 0.29) is 17.9 Å². The van der Waals surface area contributed by atoms with Gasteiger partial charge in [-0.2, -0.15) is 0 Å². The van der Waals surface area contributed by atoms with Gasteiger partial charge in [-0.05, 0) is 48.7 Å². The molecule has 2 aromatic rings. The fourth-order valence-electron chi connectivity index (χ4n) is 3.84. The van der Waals surface area contributed by atoms with Gasteiger partial charge in [0.25, 0.3) is 5.91 Å². The predicted molar refractivity (Wildman–Crippen MR) is 115 cm³/mol. The summed E-state index contributed by atoms with van der Waals surface area (Å²) in [6.07, 6.45) is 1.86. The minimum absolute atomic E-state index is 0.00106. The second-order valence-electron chi connectivity index (χ2n) is 8.84. The number of ether oxygens (including phenoxy) is 2. The van der Waals surface area contributed by atoms with Gasteiger partial charge in [-0.3, -0.25) is 9.59 Å². The molecule has 2 aliphatic rings. The lowest BCUT2D eigenvalue weighted by molar-refractivity contribution is -0.123. The minimum atomic E-state index is -0.502. The zero-order chi connectivity index (χ0) is 21.3. The molecule has 1 saturated heterocycles. The third-order valence-corrected chi connectivity index (χ3v) is 5.51. The van der Waals surface area contributed by atoms with Crippen LogP contribution in [0.2, 0.25) is 0 Å².